The minimum absolute atomic E-state index is 0.153. The Kier molecular flexibility index (Phi) is 5.43. The van der Waals surface area contributed by atoms with Gasteiger partial charge in [0.1, 0.15) is 0 Å². The molecule has 2 N–H and O–H groups in total. The molecule has 4 aromatic rings. The first-order chi connectivity index (χ1) is 14.6. The molecule has 7 heteroatoms. The fourth-order valence-electron chi connectivity index (χ4n) is 2.94. The fourth-order valence-corrected chi connectivity index (χ4v) is 2.94. The summed E-state index contributed by atoms with van der Waals surface area (Å²) in [6.45, 7) is 0. The van der Waals surface area contributed by atoms with Crippen LogP contribution in [-0.4, -0.2) is 34.8 Å². The standard InChI is InChI=1S/C23H22N6O/c1-28(2)21-15-22(27-24-16-21)25-18-7-9-19(10-8-18)26-23(30)17-5-11-20(12-6-17)29-13-3-4-14-29/h3-16H,1-2H3,(H,25,27)(H,26,30). The molecule has 0 bridgehead atoms. The Morgan fingerprint density at radius 1 is 0.933 bits per heavy atom. The van der Waals surface area contributed by atoms with Crippen LogP contribution >= 0.6 is 0 Å². The molecular weight excluding hydrogens is 376 g/mol. The molecule has 2 aromatic heterocycles. The van der Waals surface area contributed by atoms with Crippen LogP contribution in [-0.2, 0) is 0 Å². The quantitative estimate of drug-likeness (QED) is 0.506. The van der Waals surface area contributed by atoms with Crippen molar-refractivity contribution in [2.24, 2.45) is 0 Å². The Bertz CT molecular complexity index is 1120. The van der Waals surface area contributed by atoms with Crippen molar-refractivity contribution in [1.29, 1.82) is 0 Å². The lowest BCUT2D eigenvalue weighted by molar-refractivity contribution is 0.102. The van der Waals surface area contributed by atoms with Crippen molar-refractivity contribution >= 4 is 28.8 Å². The van der Waals surface area contributed by atoms with Crippen LogP contribution in [0, 0.1) is 0 Å². The van der Waals surface area contributed by atoms with Gasteiger partial charge >= 0.3 is 0 Å². The van der Waals surface area contributed by atoms with Gasteiger partial charge in [-0.1, -0.05) is 0 Å². The molecule has 0 unspecified atom stereocenters. The summed E-state index contributed by atoms with van der Waals surface area (Å²) in [4.78, 5) is 14.5. The molecule has 4 rings (SSSR count). The van der Waals surface area contributed by atoms with Gasteiger partial charge in [-0.3, -0.25) is 4.79 Å². The van der Waals surface area contributed by atoms with Gasteiger partial charge in [0.25, 0.3) is 5.91 Å². The maximum Gasteiger partial charge on any atom is 0.255 e. The maximum absolute atomic E-state index is 12.5. The number of rotatable bonds is 6. The predicted octanol–water partition coefficient (Wildman–Crippen LogP) is 4.33. The zero-order valence-electron chi connectivity index (χ0n) is 16.8. The van der Waals surface area contributed by atoms with Crippen molar-refractivity contribution in [2.45, 2.75) is 0 Å². The normalized spacial score (nSPS) is 10.5. The van der Waals surface area contributed by atoms with E-state index in [-0.39, 0.29) is 5.91 Å². The van der Waals surface area contributed by atoms with Gasteiger partial charge in [0.2, 0.25) is 0 Å². The second-order valence-corrected chi connectivity index (χ2v) is 6.99. The molecule has 0 aliphatic rings. The van der Waals surface area contributed by atoms with Crippen LogP contribution in [0.25, 0.3) is 5.69 Å². The van der Waals surface area contributed by atoms with E-state index >= 15 is 0 Å². The minimum atomic E-state index is -0.153. The molecule has 2 heterocycles. The molecule has 2 aromatic carbocycles. The third-order valence-electron chi connectivity index (χ3n) is 4.60. The Hall–Kier alpha value is -4.13. The van der Waals surface area contributed by atoms with Gasteiger partial charge in [0, 0.05) is 55.2 Å². The van der Waals surface area contributed by atoms with Gasteiger partial charge in [-0.05, 0) is 60.7 Å². The van der Waals surface area contributed by atoms with E-state index in [0.29, 0.717) is 17.1 Å². The lowest BCUT2D eigenvalue weighted by atomic mass is 10.2. The van der Waals surface area contributed by atoms with Crippen LogP contribution in [0.15, 0.2) is 85.3 Å². The first-order valence-electron chi connectivity index (χ1n) is 9.50. The lowest BCUT2D eigenvalue weighted by Crippen LogP contribution is -2.12. The summed E-state index contributed by atoms with van der Waals surface area (Å²) in [7, 11) is 3.90. The van der Waals surface area contributed by atoms with Gasteiger partial charge in [-0.25, -0.2) is 0 Å². The molecule has 30 heavy (non-hydrogen) atoms. The van der Waals surface area contributed by atoms with Crippen molar-refractivity contribution in [3.8, 4) is 5.69 Å². The van der Waals surface area contributed by atoms with Crippen LogP contribution in [0.4, 0.5) is 22.9 Å². The average Bonchev–Trinajstić information content (AvgIpc) is 3.30. The highest BCUT2D eigenvalue weighted by atomic mass is 16.1. The molecule has 0 fully saturated rings. The van der Waals surface area contributed by atoms with E-state index in [2.05, 4.69) is 20.8 Å². The predicted molar refractivity (Wildman–Crippen MR) is 120 cm³/mol. The molecule has 0 spiro atoms. The topological polar surface area (TPSA) is 75.1 Å². The third kappa shape index (κ3) is 4.47. The van der Waals surface area contributed by atoms with E-state index < -0.39 is 0 Å². The smallest absolute Gasteiger partial charge is 0.255 e. The summed E-state index contributed by atoms with van der Waals surface area (Å²) in [5.74, 6) is 0.500. The van der Waals surface area contributed by atoms with Gasteiger partial charge in [-0.2, -0.15) is 5.10 Å². The van der Waals surface area contributed by atoms with Crippen molar-refractivity contribution in [3.63, 3.8) is 0 Å². The summed E-state index contributed by atoms with van der Waals surface area (Å²) < 4.78 is 1.99. The van der Waals surface area contributed by atoms with Crippen LogP contribution in [0.3, 0.4) is 0 Å². The second-order valence-electron chi connectivity index (χ2n) is 6.99. The monoisotopic (exact) mass is 398 g/mol. The van der Waals surface area contributed by atoms with Crippen LogP contribution < -0.4 is 15.5 Å². The van der Waals surface area contributed by atoms with Gasteiger partial charge in [0.15, 0.2) is 5.82 Å². The molecule has 0 aliphatic carbocycles. The van der Waals surface area contributed by atoms with E-state index in [9.17, 15) is 4.79 Å². The van der Waals surface area contributed by atoms with E-state index in [1.807, 2.05) is 103 Å². The van der Waals surface area contributed by atoms with E-state index in [1.165, 1.54) is 0 Å². The second kappa shape index (κ2) is 8.48. The Morgan fingerprint density at radius 2 is 1.60 bits per heavy atom. The highest BCUT2D eigenvalue weighted by molar-refractivity contribution is 6.04. The maximum atomic E-state index is 12.5. The number of carbonyl (C=O) groups excluding carboxylic acids is 1. The molecule has 7 nitrogen and oxygen atoms in total. The van der Waals surface area contributed by atoms with Gasteiger partial charge in [0.05, 0.1) is 11.9 Å². The number of carbonyl (C=O) groups is 1. The van der Waals surface area contributed by atoms with Crippen molar-refractivity contribution in [2.75, 3.05) is 29.6 Å². The minimum Gasteiger partial charge on any atom is -0.376 e. The Morgan fingerprint density at radius 3 is 2.27 bits per heavy atom. The van der Waals surface area contributed by atoms with Gasteiger partial charge in [-0.15, -0.1) is 5.10 Å². The number of nitrogens with zero attached hydrogens (tertiary/aromatic N) is 4. The zero-order valence-corrected chi connectivity index (χ0v) is 16.8. The Balaban J connectivity index is 1.39. The van der Waals surface area contributed by atoms with E-state index in [4.69, 9.17) is 0 Å². The highest BCUT2D eigenvalue weighted by Gasteiger charge is 2.07. The molecule has 0 aliphatic heterocycles. The molecular formula is C23H22N6O. The number of aromatic nitrogens is 3. The highest BCUT2D eigenvalue weighted by Crippen LogP contribution is 2.20. The van der Waals surface area contributed by atoms with Crippen LogP contribution in [0.2, 0.25) is 0 Å². The SMILES string of the molecule is CN(C)c1cnnc(Nc2ccc(NC(=O)c3ccc(-n4cccc4)cc3)cc2)c1. The summed E-state index contributed by atoms with van der Waals surface area (Å²) in [5, 5.41) is 14.2. The molecule has 0 atom stereocenters. The van der Waals surface area contributed by atoms with Crippen molar-refractivity contribution in [3.05, 3.63) is 90.9 Å². The number of hydrogen-bond donors (Lipinski definition) is 2. The number of amides is 1. The fraction of sp³-hybridized carbons (Fsp3) is 0.0870. The number of benzene rings is 2. The van der Waals surface area contributed by atoms with Crippen LogP contribution in [0.1, 0.15) is 10.4 Å². The first-order valence-corrected chi connectivity index (χ1v) is 9.50. The lowest BCUT2D eigenvalue weighted by Gasteiger charge is -2.13. The number of hydrogen-bond acceptors (Lipinski definition) is 5. The summed E-state index contributed by atoms with van der Waals surface area (Å²) in [6, 6.07) is 20.8. The van der Waals surface area contributed by atoms with E-state index in [1.54, 1.807) is 6.20 Å². The molecule has 1 amide bonds. The van der Waals surface area contributed by atoms with Crippen LogP contribution in [0.5, 0.6) is 0 Å². The summed E-state index contributed by atoms with van der Waals surface area (Å²) in [5.41, 5.74) is 4.14. The third-order valence-corrected chi connectivity index (χ3v) is 4.60. The van der Waals surface area contributed by atoms with Crippen molar-refractivity contribution in [1.82, 2.24) is 14.8 Å². The molecule has 0 saturated carbocycles. The molecule has 0 saturated heterocycles. The largest absolute Gasteiger partial charge is 0.376 e. The number of anilines is 4. The molecule has 0 radical (unpaired) electrons. The molecule has 150 valence electrons. The zero-order chi connectivity index (χ0) is 20.9. The summed E-state index contributed by atoms with van der Waals surface area (Å²) >= 11 is 0. The average molecular weight is 398 g/mol. The Labute approximate surface area is 175 Å². The van der Waals surface area contributed by atoms with Crippen molar-refractivity contribution < 1.29 is 4.79 Å². The van der Waals surface area contributed by atoms with Gasteiger partial charge < -0.3 is 20.1 Å². The first kappa shape index (κ1) is 19.2. The van der Waals surface area contributed by atoms with E-state index in [0.717, 1.165) is 17.1 Å². The number of nitrogens with one attached hydrogen (secondary N) is 2. The summed E-state index contributed by atoms with van der Waals surface area (Å²) in [6.07, 6.45) is 5.63.